The molecule has 0 fully saturated rings. The standard InChI is InChI=1S/C18H16N4OS/c23-18(16-10-13-4-1-2-5-15(13)21-16)19-11-17(14-6-9-24-12-14)22-8-3-7-20-22/h1-10,12,17,21H,11H2,(H,19,23)/t17-/m1/s1. The molecule has 0 spiro atoms. The van der Waals surface area contributed by atoms with Crippen molar-refractivity contribution in [2.24, 2.45) is 0 Å². The van der Waals surface area contributed by atoms with Gasteiger partial charge in [-0.05, 0) is 40.6 Å². The van der Waals surface area contributed by atoms with Gasteiger partial charge in [0.05, 0.1) is 6.04 Å². The van der Waals surface area contributed by atoms with E-state index in [0.717, 1.165) is 16.5 Å². The summed E-state index contributed by atoms with van der Waals surface area (Å²) >= 11 is 1.64. The fourth-order valence-electron chi connectivity index (χ4n) is 2.77. The number of H-pyrrole nitrogens is 1. The summed E-state index contributed by atoms with van der Waals surface area (Å²) in [4.78, 5) is 15.6. The van der Waals surface area contributed by atoms with Crippen LogP contribution in [-0.4, -0.2) is 27.2 Å². The third-order valence-corrected chi connectivity index (χ3v) is 4.70. The maximum atomic E-state index is 12.5. The number of aromatic amines is 1. The summed E-state index contributed by atoms with van der Waals surface area (Å²) in [5.74, 6) is -0.112. The number of benzene rings is 1. The van der Waals surface area contributed by atoms with Gasteiger partial charge < -0.3 is 10.3 Å². The van der Waals surface area contributed by atoms with Gasteiger partial charge in [0.2, 0.25) is 0 Å². The first-order chi connectivity index (χ1) is 11.8. The number of nitrogens with zero attached hydrogens (tertiary/aromatic N) is 2. The predicted octanol–water partition coefficient (Wildman–Crippen LogP) is 3.45. The van der Waals surface area contributed by atoms with E-state index in [-0.39, 0.29) is 11.9 Å². The van der Waals surface area contributed by atoms with Crippen molar-refractivity contribution >= 4 is 28.1 Å². The van der Waals surface area contributed by atoms with E-state index >= 15 is 0 Å². The number of carbonyl (C=O) groups is 1. The number of para-hydroxylation sites is 1. The zero-order chi connectivity index (χ0) is 16.4. The zero-order valence-corrected chi connectivity index (χ0v) is 13.7. The monoisotopic (exact) mass is 336 g/mol. The van der Waals surface area contributed by atoms with E-state index in [4.69, 9.17) is 0 Å². The van der Waals surface area contributed by atoms with E-state index in [0.29, 0.717) is 12.2 Å². The fraction of sp³-hybridized carbons (Fsp3) is 0.111. The van der Waals surface area contributed by atoms with Gasteiger partial charge >= 0.3 is 0 Å². The molecule has 4 aromatic rings. The third-order valence-electron chi connectivity index (χ3n) is 4.00. The molecule has 0 aliphatic heterocycles. The number of aromatic nitrogens is 3. The van der Waals surface area contributed by atoms with Crippen LogP contribution in [0.5, 0.6) is 0 Å². The van der Waals surface area contributed by atoms with Crippen LogP contribution in [0.25, 0.3) is 10.9 Å². The number of fused-ring (bicyclic) bond motifs is 1. The molecule has 24 heavy (non-hydrogen) atoms. The lowest BCUT2D eigenvalue weighted by atomic mass is 10.1. The second-order valence-corrected chi connectivity index (χ2v) is 6.32. The van der Waals surface area contributed by atoms with Gasteiger partial charge in [-0.15, -0.1) is 0 Å². The second-order valence-electron chi connectivity index (χ2n) is 5.54. The van der Waals surface area contributed by atoms with Crippen molar-refractivity contribution in [1.29, 1.82) is 0 Å². The quantitative estimate of drug-likeness (QED) is 0.586. The fourth-order valence-corrected chi connectivity index (χ4v) is 3.48. The highest BCUT2D eigenvalue weighted by molar-refractivity contribution is 7.07. The van der Waals surface area contributed by atoms with Crippen molar-refractivity contribution in [3.63, 3.8) is 0 Å². The van der Waals surface area contributed by atoms with Crippen molar-refractivity contribution < 1.29 is 4.79 Å². The average Bonchev–Trinajstić information content (AvgIpc) is 3.35. The maximum Gasteiger partial charge on any atom is 0.267 e. The first-order valence-corrected chi connectivity index (χ1v) is 8.63. The Morgan fingerprint density at radius 3 is 2.96 bits per heavy atom. The normalized spacial score (nSPS) is 12.3. The molecule has 4 rings (SSSR count). The van der Waals surface area contributed by atoms with Crippen LogP contribution in [0.1, 0.15) is 22.1 Å². The van der Waals surface area contributed by atoms with Crippen LogP contribution in [0.15, 0.2) is 65.6 Å². The molecule has 5 nitrogen and oxygen atoms in total. The lowest BCUT2D eigenvalue weighted by molar-refractivity contribution is 0.0945. The predicted molar refractivity (Wildman–Crippen MR) is 95.3 cm³/mol. The highest BCUT2D eigenvalue weighted by Crippen LogP contribution is 2.20. The molecule has 120 valence electrons. The maximum absolute atomic E-state index is 12.5. The SMILES string of the molecule is O=C(NC[C@H](c1ccsc1)n1cccn1)c1cc2ccccc2[nH]1. The van der Waals surface area contributed by atoms with Gasteiger partial charge in [0.15, 0.2) is 0 Å². The molecule has 1 atom stereocenters. The summed E-state index contributed by atoms with van der Waals surface area (Å²) in [7, 11) is 0. The Balaban J connectivity index is 1.52. The molecule has 1 amide bonds. The molecule has 0 unspecified atom stereocenters. The minimum Gasteiger partial charge on any atom is -0.351 e. The second kappa shape index (κ2) is 6.33. The van der Waals surface area contributed by atoms with Crippen LogP contribution >= 0.6 is 11.3 Å². The number of amides is 1. The van der Waals surface area contributed by atoms with E-state index in [1.807, 2.05) is 52.7 Å². The summed E-state index contributed by atoms with van der Waals surface area (Å²) in [6, 6.07) is 13.7. The average molecular weight is 336 g/mol. The summed E-state index contributed by atoms with van der Waals surface area (Å²) in [6.07, 6.45) is 3.66. The number of thiophene rings is 1. The van der Waals surface area contributed by atoms with E-state index < -0.39 is 0 Å². The lowest BCUT2D eigenvalue weighted by Crippen LogP contribution is -2.31. The van der Waals surface area contributed by atoms with Gasteiger partial charge in [-0.2, -0.15) is 16.4 Å². The van der Waals surface area contributed by atoms with Crippen molar-refractivity contribution in [1.82, 2.24) is 20.1 Å². The number of hydrogen-bond donors (Lipinski definition) is 2. The van der Waals surface area contributed by atoms with E-state index in [1.165, 1.54) is 0 Å². The van der Waals surface area contributed by atoms with Crippen molar-refractivity contribution in [3.05, 3.63) is 76.9 Å². The van der Waals surface area contributed by atoms with Gasteiger partial charge in [-0.3, -0.25) is 9.48 Å². The molecule has 3 heterocycles. The Labute approximate surface area is 142 Å². The molecule has 3 aromatic heterocycles. The van der Waals surface area contributed by atoms with Gasteiger partial charge in [0, 0.05) is 29.8 Å². The summed E-state index contributed by atoms with van der Waals surface area (Å²) in [5.41, 5.74) is 2.67. The first kappa shape index (κ1) is 14.7. The van der Waals surface area contributed by atoms with E-state index in [2.05, 4.69) is 26.8 Å². The lowest BCUT2D eigenvalue weighted by Gasteiger charge is -2.17. The van der Waals surface area contributed by atoms with Crippen LogP contribution in [0.3, 0.4) is 0 Å². The smallest absolute Gasteiger partial charge is 0.267 e. The molecule has 0 aliphatic carbocycles. The Hall–Kier alpha value is -2.86. The molecule has 0 saturated heterocycles. The van der Waals surface area contributed by atoms with E-state index in [9.17, 15) is 4.79 Å². The molecule has 0 saturated carbocycles. The summed E-state index contributed by atoms with van der Waals surface area (Å²) < 4.78 is 1.87. The van der Waals surface area contributed by atoms with Gasteiger partial charge in [-0.25, -0.2) is 0 Å². The van der Waals surface area contributed by atoms with Crippen molar-refractivity contribution in [2.75, 3.05) is 6.54 Å². The highest BCUT2D eigenvalue weighted by Gasteiger charge is 2.17. The third kappa shape index (κ3) is 2.83. The minimum atomic E-state index is -0.112. The highest BCUT2D eigenvalue weighted by atomic mass is 32.1. The van der Waals surface area contributed by atoms with Crippen LogP contribution in [0.4, 0.5) is 0 Å². The molecular formula is C18H16N4OS. The number of carbonyl (C=O) groups excluding carboxylic acids is 1. The first-order valence-electron chi connectivity index (χ1n) is 7.68. The number of rotatable bonds is 5. The molecular weight excluding hydrogens is 320 g/mol. The Kier molecular flexibility index (Phi) is 3.88. The van der Waals surface area contributed by atoms with Crippen LogP contribution in [0, 0.1) is 0 Å². The van der Waals surface area contributed by atoms with Crippen molar-refractivity contribution in [3.8, 4) is 0 Å². The summed E-state index contributed by atoms with van der Waals surface area (Å²) in [5, 5.41) is 12.5. The van der Waals surface area contributed by atoms with Crippen molar-refractivity contribution in [2.45, 2.75) is 6.04 Å². The van der Waals surface area contributed by atoms with E-state index in [1.54, 1.807) is 17.5 Å². The minimum absolute atomic E-state index is 0.0143. The Bertz CT molecular complexity index is 873. The van der Waals surface area contributed by atoms with Crippen LogP contribution in [-0.2, 0) is 0 Å². The van der Waals surface area contributed by atoms with Crippen LogP contribution in [0.2, 0.25) is 0 Å². The molecule has 0 radical (unpaired) electrons. The zero-order valence-electron chi connectivity index (χ0n) is 12.8. The molecule has 0 aliphatic rings. The number of nitrogens with one attached hydrogen (secondary N) is 2. The van der Waals surface area contributed by atoms with Gasteiger partial charge in [0.1, 0.15) is 5.69 Å². The molecule has 0 bridgehead atoms. The van der Waals surface area contributed by atoms with Gasteiger partial charge in [0.25, 0.3) is 5.91 Å². The number of hydrogen-bond acceptors (Lipinski definition) is 3. The Morgan fingerprint density at radius 1 is 1.29 bits per heavy atom. The Morgan fingerprint density at radius 2 is 2.21 bits per heavy atom. The largest absolute Gasteiger partial charge is 0.351 e. The molecule has 1 aromatic carbocycles. The molecule has 6 heteroatoms. The van der Waals surface area contributed by atoms with Crippen LogP contribution < -0.4 is 5.32 Å². The summed E-state index contributed by atoms with van der Waals surface area (Å²) in [6.45, 7) is 0.479. The topological polar surface area (TPSA) is 62.7 Å². The molecule has 2 N–H and O–H groups in total. The van der Waals surface area contributed by atoms with Gasteiger partial charge in [-0.1, -0.05) is 18.2 Å².